The smallest absolute Gasteiger partial charge is 0.338 e. The van der Waals surface area contributed by atoms with Gasteiger partial charge in [0.1, 0.15) is 5.60 Å². The van der Waals surface area contributed by atoms with E-state index in [4.69, 9.17) is 4.74 Å². The summed E-state index contributed by atoms with van der Waals surface area (Å²) in [4.78, 5) is 20.0. The van der Waals surface area contributed by atoms with Crippen LogP contribution in [-0.4, -0.2) is 24.8 Å². The fraction of sp³-hybridized carbons (Fsp3) is 0.875. The van der Waals surface area contributed by atoms with E-state index < -0.39 is 17.7 Å². The molecule has 0 spiro atoms. The van der Waals surface area contributed by atoms with Gasteiger partial charge in [-0.1, -0.05) is 0 Å². The Labute approximate surface area is 72.7 Å². The quantitative estimate of drug-likeness (QED) is 0.369. The third-order valence-electron chi connectivity index (χ3n) is 0.979. The standard InChI is InChI=1S/C8H16O4/c1-6(12-10-5)7(9)11-8(2,3)4/h6H,1-5H3. The maximum absolute atomic E-state index is 11.1. The molecule has 0 saturated carbocycles. The molecule has 12 heavy (non-hydrogen) atoms. The summed E-state index contributed by atoms with van der Waals surface area (Å²) >= 11 is 0. The van der Waals surface area contributed by atoms with Crippen LogP contribution in [0.1, 0.15) is 27.7 Å². The Kier molecular flexibility index (Phi) is 4.20. The highest BCUT2D eigenvalue weighted by molar-refractivity contribution is 5.74. The molecule has 0 rings (SSSR count). The van der Waals surface area contributed by atoms with Gasteiger partial charge in [0.15, 0.2) is 6.10 Å². The third-order valence-corrected chi connectivity index (χ3v) is 0.979. The summed E-state index contributed by atoms with van der Waals surface area (Å²) in [5.74, 6) is -0.427. The molecule has 0 fully saturated rings. The van der Waals surface area contributed by atoms with Gasteiger partial charge in [-0.2, -0.15) is 0 Å². The molecule has 0 radical (unpaired) electrons. The Balaban J connectivity index is 3.87. The molecule has 72 valence electrons. The molecule has 4 nitrogen and oxygen atoms in total. The predicted molar refractivity (Wildman–Crippen MR) is 43.4 cm³/mol. The van der Waals surface area contributed by atoms with Crippen LogP contribution in [0, 0.1) is 0 Å². The van der Waals surface area contributed by atoms with E-state index in [0.29, 0.717) is 0 Å². The van der Waals surface area contributed by atoms with E-state index in [1.165, 1.54) is 7.11 Å². The molecule has 0 aromatic heterocycles. The first kappa shape index (κ1) is 11.4. The lowest BCUT2D eigenvalue weighted by molar-refractivity contribution is -0.300. The van der Waals surface area contributed by atoms with Gasteiger partial charge < -0.3 is 4.74 Å². The van der Waals surface area contributed by atoms with E-state index in [0.717, 1.165) is 0 Å². The first-order valence-electron chi connectivity index (χ1n) is 3.79. The monoisotopic (exact) mass is 176 g/mol. The van der Waals surface area contributed by atoms with Crippen molar-refractivity contribution < 1.29 is 19.3 Å². The Bertz CT molecular complexity index is 148. The predicted octanol–water partition coefficient (Wildman–Crippen LogP) is 1.29. The first-order valence-corrected chi connectivity index (χ1v) is 3.79. The van der Waals surface area contributed by atoms with Crippen molar-refractivity contribution in [3.63, 3.8) is 0 Å². The topological polar surface area (TPSA) is 44.8 Å². The fourth-order valence-electron chi connectivity index (χ4n) is 0.568. The largest absolute Gasteiger partial charge is 0.458 e. The van der Waals surface area contributed by atoms with Crippen molar-refractivity contribution in [2.45, 2.75) is 39.4 Å². The van der Waals surface area contributed by atoms with Gasteiger partial charge in [-0.15, -0.1) is 0 Å². The molecular weight excluding hydrogens is 160 g/mol. The highest BCUT2D eigenvalue weighted by Crippen LogP contribution is 2.09. The van der Waals surface area contributed by atoms with Crippen molar-refractivity contribution in [2.75, 3.05) is 7.11 Å². The van der Waals surface area contributed by atoms with E-state index in [1.807, 2.05) is 0 Å². The van der Waals surface area contributed by atoms with Crippen molar-refractivity contribution >= 4 is 5.97 Å². The van der Waals surface area contributed by atoms with E-state index >= 15 is 0 Å². The molecule has 0 aliphatic carbocycles. The van der Waals surface area contributed by atoms with Gasteiger partial charge in [-0.3, -0.25) is 0 Å². The maximum Gasteiger partial charge on any atom is 0.338 e. The lowest BCUT2D eigenvalue weighted by Gasteiger charge is -2.21. The zero-order valence-corrected chi connectivity index (χ0v) is 8.21. The van der Waals surface area contributed by atoms with Gasteiger partial charge in [0.2, 0.25) is 0 Å². The van der Waals surface area contributed by atoms with Crippen LogP contribution < -0.4 is 0 Å². The normalized spacial score (nSPS) is 14.1. The summed E-state index contributed by atoms with van der Waals surface area (Å²) in [5.41, 5.74) is -0.484. The van der Waals surface area contributed by atoms with Crippen LogP contribution in [0.3, 0.4) is 0 Å². The lowest BCUT2D eigenvalue weighted by Crippen LogP contribution is -2.31. The Morgan fingerprint density at radius 2 is 1.83 bits per heavy atom. The summed E-state index contributed by atoms with van der Waals surface area (Å²) in [6, 6.07) is 0. The van der Waals surface area contributed by atoms with Crippen molar-refractivity contribution in [2.24, 2.45) is 0 Å². The van der Waals surface area contributed by atoms with E-state index in [2.05, 4.69) is 9.78 Å². The molecule has 4 heteroatoms. The van der Waals surface area contributed by atoms with Gasteiger partial charge in [-0.25, -0.2) is 14.6 Å². The molecule has 0 bridgehead atoms. The number of rotatable bonds is 3. The van der Waals surface area contributed by atoms with Gasteiger partial charge in [0.05, 0.1) is 7.11 Å². The summed E-state index contributed by atoms with van der Waals surface area (Å²) in [7, 11) is 1.35. The van der Waals surface area contributed by atoms with Crippen LogP contribution in [0.2, 0.25) is 0 Å². The number of hydrogen-bond acceptors (Lipinski definition) is 4. The molecule has 0 aromatic carbocycles. The SMILES string of the molecule is COOC(C)C(=O)OC(C)(C)C. The highest BCUT2D eigenvalue weighted by Gasteiger charge is 2.22. The lowest BCUT2D eigenvalue weighted by atomic mass is 10.2. The molecule has 0 aromatic rings. The fourth-order valence-corrected chi connectivity index (χ4v) is 0.568. The molecule has 0 amide bonds. The van der Waals surface area contributed by atoms with Crippen LogP contribution in [0.5, 0.6) is 0 Å². The molecule has 0 aliphatic heterocycles. The summed E-state index contributed by atoms with van der Waals surface area (Å²) < 4.78 is 5.01. The van der Waals surface area contributed by atoms with Crippen molar-refractivity contribution in [1.82, 2.24) is 0 Å². The minimum Gasteiger partial charge on any atom is -0.458 e. The minimum atomic E-state index is -0.686. The van der Waals surface area contributed by atoms with E-state index in [9.17, 15) is 4.79 Å². The van der Waals surface area contributed by atoms with Crippen molar-refractivity contribution in [3.8, 4) is 0 Å². The highest BCUT2D eigenvalue weighted by atomic mass is 17.2. The number of carbonyl (C=O) groups excluding carboxylic acids is 1. The van der Waals surface area contributed by atoms with Crippen LogP contribution in [0.4, 0.5) is 0 Å². The maximum atomic E-state index is 11.1. The van der Waals surface area contributed by atoms with Gasteiger partial charge >= 0.3 is 5.97 Å². The van der Waals surface area contributed by atoms with E-state index in [1.54, 1.807) is 27.7 Å². The van der Waals surface area contributed by atoms with E-state index in [-0.39, 0.29) is 0 Å². The average molecular weight is 176 g/mol. The number of ether oxygens (including phenoxy) is 1. The first-order chi connectivity index (χ1) is 5.37. The molecule has 1 unspecified atom stereocenters. The van der Waals surface area contributed by atoms with Crippen molar-refractivity contribution in [3.05, 3.63) is 0 Å². The number of carbonyl (C=O) groups is 1. The minimum absolute atomic E-state index is 0.427. The molecule has 0 N–H and O–H groups in total. The zero-order valence-electron chi connectivity index (χ0n) is 8.21. The number of esters is 1. The molecule has 0 heterocycles. The van der Waals surface area contributed by atoms with Crippen LogP contribution >= 0.6 is 0 Å². The third kappa shape index (κ3) is 5.09. The Morgan fingerprint density at radius 3 is 2.17 bits per heavy atom. The molecule has 0 aliphatic rings. The Morgan fingerprint density at radius 1 is 1.33 bits per heavy atom. The second-order valence-corrected chi connectivity index (χ2v) is 3.44. The zero-order chi connectivity index (χ0) is 9.78. The average Bonchev–Trinajstić information content (AvgIpc) is 1.84. The summed E-state index contributed by atoms with van der Waals surface area (Å²) in [6.07, 6.45) is -0.686. The van der Waals surface area contributed by atoms with Crippen LogP contribution in [0.15, 0.2) is 0 Å². The second-order valence-electron chi connectivity index (χ2n) is 3.44. The van der Waals surface area contributed by atoms with Crippen LogP contribution in [0.25, 0.3) is 0 Å². The molecule has 1 atom stereocenters. The molecule has 0 saturated heterocycles. The van der Waals surface area contributed by atoms with Gasteiger partial charge in [-0.05, 0) is 27.7 Å². The van der Waals surface area contributed by atoms with Crippen molar-refractivity contribution in [1.29, 1.82) is 0 Å². The van der Waals surface area contributed by atoms with Crippen LogP contribution in [-0.2, 0) is 19.3 Å². The van der Waals surface area contributed by atoms with Gasteiger partial charge in [0, 0.05) is 0 Å². The Hall–Kier alpha value is -0.610. The van der Waals surface area contributed by atoms with Gasteiger partial charge in [0.25, 0.3) is 0 Å². The summed E-state index contributed by atoms with van der Waals surface area (Å²) in [6.45, 7) is 6.96. The summed E-state index contributed by atoms with van der Waals surface area (Å²) in [5, 5.41) is 0. The second kappa shape index (κ2) is 4.42. The molecular formula is C8H16O4. The number of hydrogen-bond donors (Lipinski definition) is 0.